The van der Waals surface area contributed by atoms with Gasteiger partial charge in [0.2, 0.25) is 5.91 Å². The Balaban J connectivity index is 1.88. The first-order chi connectivity index (χ1) is 14.4. The normalized spacial score (nSPS) is 15.6. The highest BCUT2D eigenvalue weighted by Gasteiger charge is 2.31. The number of hydrogen-bond acceptors (Lipinski definition) is 4. The van der Waals surface area contributed by atoms with Crippen molar-refractivity contribution in [1.29, 1.82) is 0 Å². The number of ether oxygens (including phenoxy) is 1. The van der Waals surface area contributed by atoms with Gasteiger partial charge in [-0.2, -0.15) is 0 Å². The molecule has 1 saturated heterocycles. The van der Waals surface area contributed by atoms with E-state index in [-0.39, 0.29) is 5.91 Å². The number of carboxylic acids is 1. The molecule has 0 radical (unpaired) electrons. The van der Waals surface area contributed by atoms with E-state index in [1.807, 2.05) is 23.1 Å². The van der Waals surface area contributed by atoms with Crippen LogP contribution in [-0.4, -0.2) is 42.1 Å². The number of likely N-dealkylation sites (tertiary alicyclic amines) is 1. The van der Waals surface area contributed by atoms with Crippen LogP contribution in [0.2, 0.25) is 0 Å². The number of nitrogens with zero attached hydrogens (tertiary/aromatic N) is 1. The predicted molar refractivity (Wildman–Crippen MR) is 118 cm³/mol. The first-order valence-corrected chi connectivity index (χ1v) is 11.0. The zero-order chi connectivity index (χ0) is 21.9. The maximum Gasteiger partial charge on any atom is 0.325 e. The van der Waals surface area contributed by atoms with Crippen molar-refractivity contribution in [3.63, 3.8) is 0 Å². The maximum atomic E-state index is 12.1. The predicted octanol–water partition coefficient (Wildman–Crippen LogP) is 4.31. The van der Waals surface area contributed by atoms with Gasteiger partial charge in [-0.3, -0.25) is 14.5 Å². The molecule has 166 valence electrons. The zero-order valence-electron chi connectivity index (χ0n) is 18.5. The van der Waals surface area contributed by atoms with Gasteiger partial charge < -0.3 is 15.2 Å². The van der Waals surface area contributed by atoms with Gasteiger partial charge in [-0.25, -0.2) is 0 Å². The van der Waals surface area contributed by atoms with E-state index in [4.69, 9.17) is 4.74 Å². The second kappa shape index (κ2) is 12.4. The van der Waals surface area contributed by atoms with Gasteiger partial charge in [0.15, 0.2) is 0 Å². The number of allylic oxidation sites excluding steroid dienone is 2. The fourth-order valence-electron chi connectivity index (χ4n) is 3.78. The van der Waals surface area contributed by atoms with Crippen LogP contribution >= 0.6 is 0 Å². The van der Waals surface area contributed by atoms with Gasteiger partial charge in [0, 0.05) is 18.5 Å². The van der Waals surface area contributed by atoms with Crippen LogP contribution in [0.5, 0.6) is 5.75 Å². The number of unbranched alkanes of at least 4 members (excludes halogenated alkanes) is 2. The molecule has 1 atom stereocenters. The molecule has 1 amide bonds. The number of methoxy groups -OCH3 is 1. The van der Waals surface area contributed by atoms with Crippen LogP contribution in [0.4, 0.5) is 0 Å². The summed E-state index contributed by atoms with van der Waals surface area (Å²) in [5, 5.41) is 12.7. The van der Waals surface area contributed by atoms with Gasteiger partial charge in [0.1, 0.15) is 11.8 Å². The van der Waals surface area contributed by atoms with Crippen LogP contribution in [0.15, 0.2) is 30.4 Å². The number of carboxylic acid groups (broad SMARTS) is 1. The Labute approximate surface area is 180 Å². The Hall–Kier alpha value is -2.34. The van der Waals surface area contributed by atoms with Crippen molar-refractivity contribution >= 4 is 11.9 Å². The number of hydrogen-bond donors (Lipinski definition) is 2. The second-order valence-corrected chi connectivity index (χ2v) is 8.25. The fourth-order valence-corrected chi connectivity index (χ4v) is 3.78. The molecule has 30 heavy (non-hydrogen) atoms. The van der Waals surface area contributed by atoms with Crippen molar-refractivity contribution in [1.82, 2.24) is 10.2 Å². The lowest BCUT2D eigenvalue weighted by molar-refractivity contribution is -0.143. The average molecular weight is 417 g/mol. The molecule has 1 aromatic rings. The fraction of sp³-hybridized carbons (Fsp3) is 0.583. The van der Waals surface area contributed by atoms with E-state index >= 15 is 0 Å². The summed E-state index contributed by atoms with van der Waals surface area (Å²) in [5.74, 6) is 0.293. The minimum absolute atomic E-state index is 0.0337. The zero-order valence-corrected chi connectivity index (χ0v) is 18.5. The third-order valence-electron chi connectivity index (χ3n) is 5.37. The number of aliphatic carboxylic acids is 1. The SMILES string of the molecule is COc1cc(CNC(=O)CCCC/C=C/C(C)C)ccc1C(C(=O)O)N1CCCC1. The summed E-state index contributed by atoms with van der Waals surface area (Å²) in [6.07, 6.45) is 9.80. The van der Waals surface area contributed by atoms with Gasteiger partial charge in [0.25, 0.3) is 0 Å². The average Bonchev–Trinajstić information content (AvgIpc) is 3.23. The summed E-state index contributed by atoms with van der Waals surface area (Å²) < 4.78 is 5.49. The monoisotopic (exact) mass is 416 g/mol. The number of nitrogens with one attached hydrogen (secondary N) is 1. The summed E-state index contributed by atoms with van der Waals surface area (Å²) in [7, 11) is 1.55. The maximum absolute atomic E-state index is 12.1. The standard InChI is InChI=1S/C24H36N2O4/c1-18(2)10-6-4-5-7-11-22(27)25-17-19-12-13-20(21(16-19)30-3)23(24(28)29)26-14-8-9-15-26/h6,10,12-13,16,18,23H,4-5,7-9,11,14-15,17H2,1-3H3,(H,25,27)(H,28,29)/b10-6+. The lowest BCUT2D eigenvalue weighted by Gasteiger charge is -2.25. The Morgan fingerprint density at radius 1 is 1.23 bits per heavy atom. The summed E-state index contributed by atoms with van der Waals surface area (Å²) in [6, 6.07) is 4.83. The number of amides is 1. The molecule has 1 aliphatic heterocycles. The van der Waals surface area contributed by atoms with Crippen LogP contribution in [0.25, 0.3) is 0 Å². The molecule has 0 spiro atoms. The van der Waals surface area contributed by atoms with Gasteiger partial charge in [-0.1, -0.05) is 38.1 Å². The van der Waals surface area contributed by atoms with Crippen molar-refractivity contribution in [3.8, 4) is 5.75 Å². The molecule has 6 heteroatoms. The Morgan fingerprint density at radius 3 is 2.60 bits per heavy atom. The van der Waals surface area contributed by atoms with Crippen LogP contribution in [0, 0.1) is 5.92 Å². The second-order valence-electron chi connectivity index (χ2n) is 8.25. The number of rotatable bonds is 12. The van der Waals surface area contributed by atoms with Crippen LogP contribution in [-0.2, 0) is 16.1 Å². The van der Waals surface area contributed by atoms with E-state index in [1.54, 1.807) is 7.11 Å². The summed E-state index contributed by atoms with van der Waals surface area (Å²) in [5.41, 5.74) is 1.56. The van der Waals surface area contributed by atoms with Crippen LogP contribution in [0.3, 0.4) is 0 Å². The minimum Gasteiger partial charge on any atom is -0.496 e. The van der Waals surface area contributed by atoms with Gasteiger partial charge in [-0.15, -0.1) is 0 Å². The van der Waals surface area contributed by atoms with Gasteiger partial charge in [-0.05, 0) is 62.7 Å². The molecule has 1 aromatic carbocycles. The Bertz CT molecular complexity index is 724. The van der Waals surface area contributed by atoms with E-state index in [0.29, 0.717) is 30.2 Å². The number of carbonyl (C=O) groups is 2. The molecule has 0 aromatic heterocycles. The topological polar surface area (TPSA) is 78.9 Å². The molecule has 0 bridgehead atoms. The summed E-state index contributed by atoms with van der Waals surface area (Å²) in [6.45, 7) is 6.28. The molecule has 6 nitrogen and oxygen atoms in total. The van der Waals surface area contributed by atoms with Crippen LogP contribution < -0.4 is 10.1 Å². The highest BCUT2D eigenvalue weighted by molar-refractivity contribution is 5.77. The first-order valence-electron chi connectivity index (χ1n) is 11.0. The van der Waals surface area contributed by atoms with Crippen molar-refractivity contribution in [2.24, 2.45) is 5.92 Å². The lowest BCUT2D eigenvalue weighted by Crippen LogP contribution is -2.32. The third kappa shape index (κ3) is 7.48. The molecule has 2 rings (SSSR count). The molecule has 1 heterocycles. The Kier molecular flexibility index (Phi) is 9.87. The smallest absolute Gasteiger partial charge is 0.325 e. The van der Waals surface area contributed by atoms with Crippen molar-refractivity contribution < 1.29 is 19.4 Å². The number of benzene rings is 1. The molecule has 0 aliphatic carbocycles. The van der Waals surface area contributed by atoms with Crippen molar-refractivity contribution in [3.05, 3.63) is 41.5 Å². The first kappa shape index (κ1) is 23.9. The van der Waals surface area contributed by atoms with E-state index in [0.717, 1.165) is 50.8 Å². The molecule has 1 aliphatic rings. The lowest BCUT2D eigenvalue weighted by atomic mass is 10.0. The third-order valence-corrected chi connectivity index (χ3v) is 5.37. The Morgan fingerprint density at radius 2 is 1.97 bits per heavy atom. The van der Waals surface area contributed by atoms with E-state index < -0.39 is 12.0 Å². The molecule has 0 saturated carbocycles. The van der Waals surface area contributed by atoms with Crippen molar-refractivity contribution in [2.45, 2.75) is 65.0 Å². The van der Waals surface area contributed by atoms with Crippen molar-refractivity contribution in [2.75, 3.05) is 20.2 Å². The van der Waals surface area contributed by atoms with E-state index in [1.165, 1.54) is 0 Å². The molecule has 1 fully saturated rings. The number of carbonyl (C=O) groups excluding carboxylic acids is 1. The molecular weight excluding hydrogens is 380 g/mol. The quantitative estimate of drug-likeness (QED) is 0.392. The largest absolute Gasteiger partial charge is 0.496 e. The minimum atomic E-state index is -0.862. The highest BCUT2D eigenvalue weighted by Crippen LogP contribution is 2.32. The van der Waals surface area contributed by atoms with E-state index in [9.17, 15) is 14.7 Å². The van der Waals surface area contributed by atoms with Crippen LogP contribution in [0.1, 0.15) is 69.5 Å². The summed E-state index contributed by atoms with van der Waals surface area (Å²) in [4.78, 5) is 26.0. The van der Waals surface area contributed by atoms with Gasteiger partial charge in [0.05, 0.1) is 7.11 Å². The van der Waals surface area contributed by atoms with Gasteiger partial charge >= 0.3 is 5.97 Å². The molecule has 1 unspecified atom stereocenters. The summed E-state index contributed by atoms with van der Waals surface area (Å²) >= 11 is 0. The molecular formula is C24H36N2O4. The van der Waals surface area contributed by atoms with E-state index in [2.05, 4.69) is 31.3 Å². The highest BCUT2D eigenvalue weighted by atomic mass is 16.5. The molecule has 2 N–H and O–H groups in total.